The standard InChI is InChI=1S/CH7N3O/c2-1-3-4-5/h3-5H,1-2H2/p+1. The zero-order valence-electron chi connectivity index (χ0n) is 2.81. The van der Waals surface area contributed by atoms with Crippen LogP contribution in [-0.2, 0) is 0 Å². The van der Waals surface area contributed by atoms with Crippen LogP contribution in [0.3, 0.4) is 0 Å². The minimum absolute atomic E-state index is 0.358. The second kappa shape index (κ2) is 3.84. The Morgan fingerprint density at radius 1 is 2.00 bits per heavy atom. The van der Waals surface area contributed by atoms with Crippen molar-refractivity contribution in [3.8, 4) is 0 Å². The van der Waals surface area contributed by atoms with Crippen LogP contribution in [0.25, 0.3) is 0 Å². The molecule has 32 valence electrons. The monoisotopic (exact) mass is 78.1 g/mol. The van der Waals surface area contributed by atoms with Crippen molar-refractivity contribution >= 4 is 0 Å². The molecule has 0 unspecified atom stereocenters. The minimum Gasteiger partial charge on any atom is -0.283 e. The molecule has 0 spiro atoms. The molecule has 0 aliphatic carbocycles. The Bertz CT molecular complexity index is 14.4. The first-order chi connectivity index (χ1) is 2.41. The maximum absolute atomic E-state index is 7.68. The maximum atomic E-state index is 7.68. The van der Waals surface area contributed by atoms with Crippen LogP contribution in [0.5, 0.6) is 0 Å². The molecule has 4 heteroatoms. The van der Waals surface area contributed by atoms with E-state index >= 15 is 0 Å². The van der Waals surface area contributed by atoms with Gasteiger partial charge in [0.05, 0.1) is 0 Å². The highest BCUT2D eigenvalue weighted by molar-refractivity contribution is 3.76. The Labute approximate surface area is 29.9 Å². The van der Waals surface area contributed by atoms with Crippen LogP contribution >= 0.6 is 0 Å². The van der Waals surface area contributed by atoms with Gasteiger partial charge in [-0.05, 0) is 5.59 Å². The molecule has 0 atom stereocenters. The Morgan fingerprint density at radius 3 is 2.60 bits per heavy atom. The van der Waals surface area contributed by atoms with Gasteiger partial charge < -0.3 is 0 Å². The van der Waals surface area contributed by atoms with Gasteiger partial charge in [0.2, 0.25) is 0 Å². The first kappa shape index (κ1) is 4.84. The summed E-state index contributed by atoms with van der Waals surface area (Å²) in [5.74, 6) is 0. The van der Waals surface area contributed by atoms with E-state index in [0.717, 1.165) is 0 Å². The van der Waals surface area contributed by atoms with Crippen LogP contribution in [0.1, 0.15) is 0 Å². The molecule has 0 aliphatic heterocycles. The average molecular weight is 78.1 g/mol. The molecule has 0 aliphatic rings. The normalized spacial score (nSPS) is 8.40. The third-order valence-electron chi connectivity index (χ3n) is 0.209. The summed E-state index contributed by atoms with van der Waals surface area (Å²) < 4.78 is 0. The molecular weight excluding hydrogens is 70.0 g/mol. The lowest BCUT2D eigenvalue weighted by Gasteiger charge is -1.84. The van der Waals surface area contributed by atoms with Gasteiger partial charge in [-0.3, -0.25) is 10.9 Å². The number of rotatable bonds is 2. The molecule has 0 heterocycles. The van der Waals surface area contributed by atoms with Gasteiger partial charge in [-0.15, -0.1) is 0 Å². The van der Waals surface area contributed by atoms with E-state index in [1.54, 1.807) is 5.59 Å². The Morgan fingerprint density at radius 2 is 2.60 bits per heavy atom. The van der Waals surface area contributed by atoms with Crippen molar-refractivity contribution in [2.24, 2.45) is 5.73 Å². The van der Waals surface area contributed by atoms with E-state index in [-0.39, 0.29) is 0 Å². The van der Waals surface area contributed by atoms with E-state index in [0.29, 0.717) is 6.67 Å². The number of hydrogen-bond acceptors (Lipinski definition) is 3. The van der Waals surface area contributed by atoms with Crippen molar-refractivity contribution in [1.29, 1.82) is 0 Å². The van der Waals surface area contributed by atoms with Crippen LogP contribution in [0.15, 0.2) is 0 Å². The van der Waals surface area contributed by atoms with E-state index in [2.05, 4.69) is 0 Å². The fraction of sp³-hybridized carbons (Fsp3) is 1.00. The van der Waals surface area contributed by atoms with Crippen LogP contribution < -0.4 is 16.7 Å². The highest BCUT2D eigenvalue weighted by Crippen LogP contribution is 0.925. The predicted octanol–water partition coefficient (Wildman–Crippen LogP) is -2.64. The van der Waals surface area contributed by atoms with E-state index in [9.17, 15) is 0 Å². The molecule has 0 saturated carbocycles. The van der Waals surface area contributed by atoms with Crippen LogP contribution in [0.4, 0.5) is 0 Å². The number of hydrogen-bond donors (Lipinski definition) is 4. The first-order valence-corrected chi connectivity index (χ1v) is 1.33. The molecule has 0 aromatic carbocycles. The molecule has 4 nitrogen and oxygen atoms in total. The van der Waals surface area contributed by atoms with Gasteiger partial charge in [-0.25, -0.2) is 5.43 Å². The smallest absolute Gasteiger partial charge is 0.146 e. The Balaban J connectivity index is 2.19. The summed E-state index contributed by atoms with van der Waals surface area (Å²) in [5, 5.41) is 7.68. The molecule has 0 aromatic rings. The van der Waals surface area contributed by atoms with Crippen LogP contribution in [-0.4, -0.2) is 11.9 Å². The summed E-state index contributed by atoms with van der Waals surface area (Å²) in [7, 11) is 0. The van der Waals surface area contributed by atoms with Gasteiger partial charge in [0.25, 0.3) is 0 Å². The van der Waals surface area contributed by atoms with Gasteiger partial charge in [0.15, 0.2) is 0 Å². The highest BCUT2D eigenvalue weighted by Gasteiger charge is 1.65. The van der Waals surface area contributed by atoms with E-state index in [1.165, 1.54) is 5.43 Å². The SMILES string of the molecule is NC[NH2+]NO. The summed E-state index contributed by atoms with van der Waals surface area (Å²) in [6, 6.07) is 0. The fourth-order valence-corrected chi connectivity index (χ4v) is 0.0527. The summed E-state index contributed by atoms with van der Waals surface area (Å²) in [6.45, 7) is 0.358. The van der Waals surface area contributed by atoms with Gasteiger partial charge >= 0.3 is 0 Å². The van der Waals surface area contributed by atoms with Gasteiger partial charge in [0, 0.05) is 0 Å². The molecular formula is CH8N3O+. The quantitative estimate of drug-likeness (QED) is 0.166. The van der Waals surface area contributed by atoms with Gasteiger partial charge in [0.1, 0.15) is 6.67 Å². The molecule has 0 radical (unpaired) electrons. The third-order valence-corrected chi connectivity index (χ3v) is 0.209. The maximum Gasteiger partial charge on any atom is 0.146 e. The van der Waals surface area contributed by atoms with Crippen molar-refractivity contribution in [2.75, 3.05) is 6.67 Å². The average Bonchev–Trinajstić information content (AvgIpc) is 1.41. The minimum atomic E-state index is 0.358. The number of nitrogens with two attached hydrogens (primary N) is 2. The van der Waals surface area contributed by atoms with Crippen molar-refractivity contribution in [3.05, 3.63) is 0 Å². The summed E-state index contributed by atoms with van der Waals surface area (Å²) in [5.41, 5.74) is 7.96. The molecule has 0 rings (SSSR count). The van der Waals surface area contributed by atoms with Crippen LogP contribution in [0.2, 0.25) is 0 Å². The summed E-state index contributed by atoms with van der Waals surface area (Å²) in [4.78, 5) is 0. The molecule has 6 N–H and O–H groups in total. The summed E-state index contributed by atoms with van der Waals surface area (Å²) in [6.07, 6.45) is 0. The summed E-state index contributed by atoms with van der Waals surface area (Å²) >= 11 is 0. The number of nitrogens with one attached hydrogen (secondary N) is 1. The molecule has 0 aromatic heterocycles. The molecule has 0 saturated heterocycles. The molecule has 0 fully saturated rings. The third kappa shape index (κ3) is 3.84. The molecule has 5 heavy (non-hydrogen) atoms. The van der Waals surface area contributed by atoms with Gasteiger partial charge in [-0.2, -0.15) is 0 Å². The van der Waals surface area contributed by atoms with Gasteiger partial charge in [-0.1, -0.05) is 0 Å². The van der Waals surface area contributed by atoms with Crippen molar-refractivity contribution in [2.45, 2.75) is 0 Å². The lowest BCUT2D eigenvalue weighted by atomic mass is 11.2. The fourth-order valence-electron chi connectivity index (χ4n) is 0.0527. The van der Waals surface area contributed by atoms with Crippen molar-refractivity contribution < 1.29 is 10.6 Å². The van der Waals surface area contributed by atoms with E-state index in [1.807, 2.05) is 0 Å². The second-order valence-electron chi connectivity index (χ2n) is 0.569. The molecule has 0 amide bonds. The van der Waals surface area contributed by atoms with Crippen LogP contribution in [0, 0.1) is 0 Å². The van der Waals surface area contributed by atoms with E-state index < -0.39 is 0 Å². The highest BCUT2D eigenvalue weighted by atomic mass is 16.5. The molecule has 0 bridgehead atoms. The zero-order valence-corrected chi connectivity index (χ0v) is 2.81. The van der Waals surface area contributed by atoms with E-state index in [4.69, 9.17) is 10.9 Å². The topological polar surface area (TPSA) is 74.9 Å². The van der Waals surface area contributed by atoms with Crippen molar-refractivity contribution in [1.82, 2.24) is 5.59 Å². The lowest BCUT2D eigenvalue weighted by Crippen LogP contribution is -2.94. The Hall–Kier alpha value is -0.160. The largest absolute Gasteiger partial charge is 0.283 e. The Kier molecular flexibility index (Phi) is 3.72. The van der Waals surface area contributed by atoms with Crippen molar-refractivity contribution in [3.63, 3.8) is 0 Å². The predicted molar refractivity (Wildman–Crippen MR) is 15.9 cm³/mol. The first-order valence-electron chi connectivity index (χ1n) is 1.33. The number of quaternary nitrogens is 1. The second-order valence-corrected chi connectivity index (χ2v) is 0.569. The lowest BCUT2D eigenvalue weighted by molar-refractivity contribution is -0.751. The zero-order chi connectivity index (χ0) is 4.12.